The van der Waals surface area contributed by atoms with Crippen LogP contribution in [0.25, 0.3) is 11.0 Å². The van der Waals surface area contributed by atoms with Crippen LogP contribution in [0.15, 0.2) is 76.0 Å². The van der Waals surface area contributed by atoms with Crippen molar-refractivity contribution in [3.63, 3.8) is 0 Å². The van der Waals surface area contributed by atoms with E-state index in [4.69, 9.17) is 13.9 Å². The van der Waals surface area contributed by atoms with E-state index in [0.717, 1.165) is 11.1 Å². The summed E-state index contributed by atoms with van der Waals surface area (Å²) >= 11 is 0. The molecule has 136 valence electrons. The van der Waals surface area contributed by atoms with Crippen LogP contribution in [0.4, 0.5) is 0 Å². The van der Waals surface area contributed by atoms with E-state index in [1.807, 2.05) is 43.3 Å². The molecule has 1 saturated heterocycles. The Morgan fingerprint density at radius 3 is 2.56 bits per heavy atom. The van der Waals surface area contributed by atoms with Crippen molar-refractivity contribution < 1.29 is 18.7 Å². The van der Waals surface area contributed by atoms with Gasteiger partial charge in [0.1, 0.15) is 17.9 Å². The largest absolute Gasteiger partial charge is 0.488 e. The number of esters is 1. The number of aryl methyl sites for hydroxylation is 1. The number of hydrogen-bond acceptors (Lipinski definition) is 5. The lowest BCUT2D eigenvalue weighted by molar-refractivity contribution is -0.150. The van der Waals surface area contributed by atoms with Crippen molar-refractivity contribution >= 4 is 16.9 Å². The quantitative estimate of drug-likeness (QED) is 0.400. The van der Waals surface area contributed by atoms with Crippen LogP contribution in [0.3, 0.4) is 0 Å². The Labute approximate surface area is 155 Å². The van der Waals surface area contributed by atoms with Gasteiger partial charge in [-0.25, -0.2) is 9.59 Å². The predicted molar refractivity (Wildman–Crippen MR) is 101 cm³/mol. The Hall–Kier alpha value is -3.34. The van der Waals surface area contributed by atoms with Gasteiger partial charge in [0.15, 0.2) is 5.60 Å². The minimum absolute atomic E-state index is 0.0638. The molecule has 1 aliphatic heterocycles. The number of ether oxygens (including phenoxy) is 2. The minimum atomic E-state index is -0.973. The highest BCUT2D eigenvalue weighted by Crippen LogP contribution is 2.40. The zero-order chi connectivity index (χ0) is 19.0. The number of rotatable bonds is 4. The average molecular weight is 362 g/mol. The second-order valence-corrected chi connectivity index (χ2v) is 6.74. The summed E-state index contributed by atoms with van der Waals surface area (Å²) in [6.45, 7) is 5.85. The predicted octanol–water partition coefficient (Wildman–Crippen LogP) is 3.88. The summed E-state index contributed by atoms with van der Waals surface area (Å²) in [6.07, 6.45) is 0.328. The number of fused-ring (bicyclic) bond motifs is 1. The molecule has 2 heterocycles. The first-order valence-electron chi connectivity index (χ1n) is 8.61. The number of cyclic esters (lactones) is 1. The fourth-order valence-corrected chi connectivity index (χ4v) is 3.28. The summed E-state index contributed by atoms with van der Waals surface area (Å²) in [5.41, 5.74) is 1.30. The Morgan fingerprint density at radius 1 is 1.11 bits per heavy atom. The van der Waals surface area contributed by atoms with E-state index in [1.165, 1.54) is 6.07 Å². The van der Waals surface area contributed by atoms with Gasteiger partial charge in [-0.3, -0.25) is 0 Å². The van der Waals surface area contributed by atoms with Crippen LogP contribution in [0.1, 0.15) is 17.5 Å². The highest BCUT2D eigenvalue weighted by Gasteiger charge is 2.45. The van der Waals surface area contributed by atoms with E-state index < -0.39 is 17.2 Å². The topological polar surface area (TPSA) is 65.7 Å². The number of carbonyl (C=O) groups excluding carboxylic acids is 1. The number of benzene rings is 2. The van der Waals surface area contributed by atoms with Gasteiger partial charge < -0.3 is 13.9 Å². The standard InChI is InChI=1S/C22H18O5/c1-14-7-9-16(10-8-14)22(12-15(2)21(24)27-22)13-25-19-11-20(23)26-18-6-4-3-5-17(18)19/h3-11H,2,12-13H2,1H3. The summed E-state index contributed by atoms with van der Waals surface area (Å²) in [5, 5.41) is 0.680. The van der Waals surface area contributed by atoms with E-state index >= 15 is 0 Å². The molecule has 0 aliphatic carbocycles. The van der Waals surface area contributed by atoms with Gasteiger partial charge in [-0.1, -0.05) is 48.5 Å². The number of hydrogen-bond donors (Lipinski definition) is 0. The minimum Gasteiger partial charge on any atom is -0.488 e. The molecule has 0 bridgehead atoms. The van der Waals surface area contributed by atoms with Gasteiger partial charge in [0, 0.05) is 12.0 Å². The molecule has 0 spiro atoms. The normalized spacial score (nSPS) is 19.3. The maximum atomic E-state index is 12.1. The molecule has 0 radical (unpaired) electrons. The molecular weight excluding hydrogens is 344 g/mol. The van der Waals surface area contributed by atoms with Crippen LogP contribution in [-0.2, 0) is 15.1 Å². The van der Waals surface area contributed by atoms with Crippen molar-refractivity contribution in [1.29, 1.82) is 0 Å². The summed E-state index contributed by atoms with van der Waals surface area (Å²) in [4.78, 5) is 23.9. The molecule has 4 rings (SSSR count). The Bertz CT molecular complexity index is 1080. The maximum absolute atomic E-state index is 12.1. The monoisotopic (exact) mass is 362 g/mol. The van der Waals surface area contributed by atoms with Crippen LogP contribution < -0.4 is 10.4 Å². The molecule has 5 heteroatoms. The van der Waals surface area contributed by atoms with Crippen LogP contribution >= 0.6 is 0 Å². The van der Waals surface area contributed by atoms with Gasteiger partial charge >= 0.3 is 11.6 Å². The van der Waals surface area contributed by atoms with E-state index in [2.05, 4.69) is 6.58 Å². The van der Waals surface area contributed by atoms with Crippen LogP contribution in [0.5, 0.6) is 5.75 Å². The SMILES string of the molecule is C=C1CC(COc2cc(=O)oc3ccccc23)(c2ccc(C)cc2)OC1=O. The third-order valence-corrected chi connectivity index (χ3v) is 4.73. The van der Waals surface area contributed by atoms with E-state index in [0.29, 0.717) is 28.7 Å². The molecule has 0 amide bonds. The van der Waals surface area contributed by atoms with Crippen molar-refractivity contribution in [2.45, 2.75) is 18.9 Å². The molecular formula is C22H18O5. The van der Waals surface area contributed by atoms with Crippen LogP contribution in [0, 0.1) is 6.92 Å². The Morgan fingerprint density at radius 2 is 1.85 bits per heavy atom. The van der Waals surface area contributed by atoms with Gasteiger partial charge in [0.05, 0.1) is 11.5 Å². The van der Waals surface area contributed by atoms with Crippen molar-refractivity contribution in [2.24, 2.45) is 0 Å². The molecule has 0 saturated carbocycles. The van der Waals surface area contributed by atoms with E-state index in [1.54, 1.807) is 12.1 Å². The lowest BCUT2D eigenvalue weighted by Crippen LogP contribution is -2.33. The lowest BCUT2D eigenvalue weighted by Gasteiger charge is -2.28. The molecule has 1 aromatic heterocycles. The van der Waals surface area contributed by atoms with Crippen molar-refractivity contribution in [3.05, 3.63) is 88.3 Å². The van der Waals surface area contributed by atoms with Gasteiger partial charge in [-0.15, -0.1) is 0 Å². The first-order chi connectivity index (χ1) is 13.0. The number of para-hydroxylation sites is 1. The summed E-state index contributed by atoms with van der Waals surface area (Å²) in [7, 11) is 0. The summed E-state index contributed by atoms with van der Waals surface area (Å²) < 4.78 is 16.9. The third kappa shape index (κ3) is 3.12. The smallest absolute Gasteiger partial charge is 0.339 e. The second kappa shape index (κ2) is 6.43. The fraction of sp³-hybridized carbons (Fsp3) is 0.182. The Kier molecular flexibility index (Phi) is 4.07. The molecule has 27 heavy (non-hydrogen) atoms. The van der Waals surface area contributed by atoms with Gasteiger partial charge in [0.2, 0.25) is 0 Å². The van der Waals surface area contributed by atoms with Crippen LogP contribution in [0.2, 0.25) is 0 Å². The van der Waals surface area contributed by atoms with Gasteiger partial charge in [0.25, 0.3) is 0 Å². The molecule has 0 N–H and O–H groups in total. The Balaban J connectivity index is 1.72. The van der Waals surface area contributed by atoms with E-state index in [9.17, 15) is 9.59 Å². The van der Waals surface area contributed by atoms with Crippen molar-refractivity contribution in [2.75, 3.05) is 6.61 Å². The van der Waals surface area contributed by atoms with Crippen molar-refractivity contribution in [1.82, 2.24) is 0 Å². The first-order valence-corrected chi connectivity index (χ1v) is 8.61. The maximum Gasteiger partial charge on any atom is 0.339 e. The zero-order valence-electron chi connectivity index (χ0n) is 14.9. The lowest BCUT2D eigenvalue weighted by atomic mass is 9.90. The zero-order valence-corrected chi connectivity index (χ0v) is 14.9. The molecule has 1 atom stereocenters. The van der Waals surface area contributed by atoms with Gasteiger partial charge in [-0.2, -0.15) is 0 Å². The molecule has 1 fully saturated rings. The van der Waals surface area contributed by atoms with E-state index in [-0.39, 0.29) is 6.61 Å². The molecule has 3 aromatic rings. The highest BCUT2D eigenvalue weighted by molar-refractivity contribution is 5.90. The highest BCUT2D eigenvalue weighted by atomic mass is 16.6. The van der Waals surface area contributed by atoms with Crippen LogP contribution in [-0.4, -0.2) is 12.6 Å². The second-order valence-electron chi connectivity index (χ2n) is 6.74. The molecule has 1 aliphatic rings. The fourth-order valence-electron chi connectivity index (χ4n) is 3.28. The number of carbonyl (C=O) groups is 1. The van der Waals surface area contributed by atoms with Gasteiger partial charge in [-0.05, 0) is 24.6 Å². The average Bonchev–Trinajstić information content (AvgIpc) is 2.95. The molecule has 5 nitrogen and oxygen atoms in total. The summed E-state index contributed by atoms with van der Waals surface area (Å²) in [5.74, 6) is -0.0430. The van der Waals surface area contributed by atoms with Crippen molar-refractivity contribution in [3.8, 4) is 5.75 Å². The molecule has 1 unspecified atom stereocenters. The first kappa shape index (κ1) is 17.1. The third-order valence-electron chi connectivity index (χ3n) is 4.73. The molecule has 2 aromatic carbocycles. The summed E-state index contributed by atoms with van der Waals surface area (Å²) in [6, 6.07) is 16.2.